The van der Waals surface area contributed by atoms with E-state index in [0.29, 0.717) is 0 Å². The normalized spacial score (nSPS) is 10.4. The third-order valence-electron chi connectivity index (χ3n) is 3.25. The monoisotopic (exact) mass is 346 g/mol. The molecule has 6 heteroatoms. The molecule has 0 saturated carbocycles. The number of esters is 2. The van der Waals surface area contributed by atoms with Crippen molar-refractivity contribution in [2.24, 2.45) is 5.92 Å². The highest BCUT2D eigenvalue weighted by Crippen LogP contribution is 2.30. The average molecular weight is 346 g/mol. The number of hydrogen-bond acceptors (Lipinski definition) is 4. The maximum absolute atomic E-state index is 14.2. The van der Waals surface area contributed by atoms with Crippen LogP contribution in [0.25, 0.3) is 11.1 Å². The van der Waals surface area contributed by atoms with Gasteiger partial charge in [0.05, 0.1) is 5.92 Å². The Bertz CT molecular complexity index is 828. The molecule has 130 valence electrons. The van der Waals surface area contributed by atoms with Crippen molar-refractivity contribution in [3.05, 3.63) is 60.7 Å². The van der Waals surface area contributed by atoms with Crippen molar-refractivity contribution in [2.45, 2.75) is 13.8 Å². The van der Waals surface area contributed by atoms with Gasteiger partial charge >= 0.3 is 11.9 Å². The van der Waals surface area contributed by atoms with Crippen LogP contribution in [0.5, 0.6) is 11.5 Å². The van der Waals surface area contributed by atoms with Gasteiger partial charge in [0.1, 0.15) is 11.6 Å². The molecule has 0 atom stereocenters. The van der Waals surface area contributed by atoms with Gasteiger partial charge in [-0.3, -0.25) is 4.79 Å². The molecule has 0 aliphatic carbocycles. The first kappa shape index (κ1) is 18.3. The molecule has 2 aromatic rings. The third kappa shape index (κ3) is 4.50. The van der Waals surface area contributed by atoms with Crippen LogP contribution in [0.1, 0.15) is 13.8 Å². The fourth-order valence-electron chi connectivity index (χ4n) is 1.93. The number of hydrogen-bond donors (Lipinski definition) is 0. The summed E-state index contributed by atoms with van der Waals surface area (Å²) in [6, 6.07) is 7.51. The number of halogens is 2. The summed E-state index contributed by atoms with van der Waals surface area (Å²) in [6.45, 7) is 6.51. The lowest BCUT2D eigenvalue weighted by Crippen LogP contribution is -2.15. The van der Waals surface area contributed by atoms with Gasteiger partial charge in [-0.2, -0.15) is 0 Å². The van der Waals surface area contributed by atoms with E-state index in [1.54, 1.807) is 13.8 Å². The summed E-state index contributed by atoms with van der Waals surface area (Å²) in [5.41, 5.74) is 0.361. The Balaban J connectivity index is 2.27. The first-order valence-corrected chi connectivity index (χ1v) is 7.47. The van der Waals surface area contributed by atoms with E-state index in [9.17, 15) is 18.4 Å². The smallest absolute Gasteiger partial charge is 0.335 e. The standard InChI is InChI=1S/C19H16F2O4/c1-4-18(22)24-13-6-7-14(15(20)10-13)12-5-8-17(16(21)9-12)25-19(23)11(2)3/h4-11H,1H2,2-3H3. The zero-order chi connectivity index (χ0) is 18.6. The Labute approximate surface area is 143 Å². The van der Waals surface area contributed by atoms with Gasteiger partial charge in [0.15, 0.2) is 11.6 Å². The summed E-state index contributed by atoms with van der Waals surface area (Å²) in [4.78, 5) is 22.6. The number of ether oxygens (including phenoxy) is 2. The third-order valence-corrected chi connectivity index (χ3v) is 3.25. The van der Waals surface area contributed by atoms with Crippen LogP contribution in [0.15, 0.2) is 49.1 Å². The first-order valence-electron chi connectivity index (χ1n) is 7.47. The van der Waals surface area contributed by atoms with Crippen molar-refractivity contribution < 1.29 is 27.8 Å². The van der Waals surface area contributed by atoms with Crippen molar-refractivity contribution in [1.29, 1.82) is 0 Å². The number of carbonyl (C=O) groups excluding carboxylic acids is 2. The predicted molar refractivity (Wildman–Crippen MR) is 88.1 cm³/mol. The second-order valence-corrected chi connectivity index (χ2v) is 5.49. The number of carbonyl (C=O) groups is 2. The van der Waals surface area contributed by atoms with E-state index in [0.717, 1.165) is 18.2 Å². The molecule has 0 heterocycles. The molecule has 4 nitrogen and oxygen atoms in total. The quantitative estimate of drug-likeness (QED) is 0.460. The molecule has 0 spiro atoms. The van der Waals surface area contributed by atoms with Gasteiger partial charge in [0.25, 0.3) is 0 Å². The van der Waals surface area contributed by atoms with E-state index in [-0.39, 0.29) is 22.6 Å². The van der Waals surface area contributed by atoms with Crippen LogP contribution < -0.4 is 9.47 Å². The summed E-state index contributed by atoms with van der Waals surface area (Å²) < 4.78 is 38.1. The molecule has 0 radical (unpaired) electrons. The highest BCUT2D eigenvalue weighted by molar-refractivity contribution is 5.83. The molecule has 0 aliphatic heterocycles. The molecule has 0 fully saturated rings. The Morgan fingerprint density at radius 2 is 1.76 bits per heavy atom. The van der Waals surface area contributed by atoms with E-state index in [2.05, 4.69) is 6.58 Å². The lowest BCUT2D eigenvalue weighted by molar-refractivity contribution is -0.138. The summed E-state index contributed by atoms with van der Waals surface area (Å²) in [5.74, 6) is -3.37. The van der Waals surface area contributed by atoms with Gasteiger partial charge in [0.2, 0.25) is 0 Å². The molecule has 2 rings (SSSR count). The van der Waals surface area contributed by atoms with E-state index in [4.69, 9.17) is 9.47 Å². The lowest BCUT2D eigenvalue weighted by atomic mass is 10.0. The summed E-state index contributed by atoms with van der Waals surface area (Å²) in [6.07, 6.45) is 0.957. The van der Waals surface area contributed by atoms with Gasteiger partial charge in [-0.1, -0.05) is 26.5 Å². The van der Waals surface area contributed by atoms with Gasteiger partial charge in [-0.15, -0.1) is 0 Å². The van der Waals surface area contributed by atoms with Crippen LogP contribution in [0, 0.1) is 17.6 Å². The number of benzene rings is 2. The van der Waals surface area contributed by atoms with Gasteiger partial charge in [0, 0.05) is 17.7 Å². The average Bonchev–Trinajstić information content (AvgIpc) is 2.56. The molecule has 0 bridgehead atoms. The Kier molecular flexibility index (Phi) is 5.64. The van der Waals surface area contributed by atoms with Crippen LogP contribution in [0.3, 0.4) is 0 Å². The van der Waals surface area contributed by atoms with E-state index in [1.807, 2.05) is 0 Å². The summed E-state index contributed by atoms with van der Waals surface area (Å²) in [5, 5.41) is 0. The maximum atomic E-state index is 14.2. The predicted octanol–water partition coefficient (Wildman–Crippen LogP) is 4.28. The Morgan fingerprint density at radius 1 is 1.04 bits per heavy atom. The van der Waals surface area contributed by atoms with Gasteiger partial charge in [-0.05, 0) is 29.8 Å². The largest absolute Gasteiger partial charge is 0.423 e. The van der Waals surface area contributed by atoms with Crippen LogP contribution >= 0.6 is 0 Å². The van der Waals surface area contributed by atoms with Gasteiger partial charge in [-0.25, -0.2) is 13.6 Å². The van der Waals surface area contributed by atoms with Crippen molar-refractivity contribution in [2.75, 3.05) is 0 Å². The molecule has 2 aromatic carbocycles. The minimum absolute atomic E-state index is 0.00843. The van der Waals surface area contributed by atoms with Crippen molar-refractivity contribution in [3.63, 3.8) is 0 Å². The van der Waals surface area contributed by atoms with Crippen molar-refractivity contribution in [1.82, 2.24) is 0 Å². The summed E-state index contributed by atoms with van der Waals surface area (Å²) >= 11 is 0. The van der Waals surface area contributed by atoms with Gasteiger partial charge < -0.3 is 9.47 Å². The molecular formula is C19H16F2O4. The van der Waals surface area contributed by atoms with Crippen LogP contribution in [0.2, 0.25) is 0 Å². The minimum atomic E-state index is -0.784. The fraction of sp³-hybridized carbons (Fsp3) is 0.158. The van der Waals surface area contributed by atoms with Crippen LogP contribution in [-0.4, -0.2) is 11.9 Å². The van der Waals surface area contributed by atoms with E-state index < -0.39 is 29.5 Å². The lowest BCUT2D eigenvalue weighted by Gasteiger charge is -2.10. The Morgan fingerprint density at radius 3 is 2.32 bits per heavy atom. The Hall–Kier alpha value is -3.02. The van der Waals surface area contributed by atoms with E-state index >= 15 is 0 Å². The number of rotatable bonds is 5. The SMILES string of the molecule is C=CC(=O)Oc1ccc(-c2ccc(OC(=O)C(C)C)c(F)c2)c(F)c1. The molecular weight excluding hydrogens is 330 g/mol. The molecule has 0 amide bonds. The molecule has 0 aliphatic rings. The van der Waals surface area contributed by atoms with Crippen molar-refractivity contribution >= 4 is 11.9 Å². The maximum Gasteiger partial charge on any atom is 0.335 e. The second-order valence-electron chi connectivity index (χ2n) is 5.49. The van der Waals surface area contributed by atoms with Crippen LogP contribution in [0.4, 0.5) is 8.78 Å². The highest BCUT2D eigenvalue weighted by atomic mass is 19.1. The van der Waals surface area contributed by atoms with E-state index in [1.165, 1.54) is 24.3 Å². The topological polar surface area (TPSA) is 52.6 Å². The molecule has 0 saturated heterocycles. The molecule has 0 N–H and O–H groups in total. The van der Waals surface area contributed by atoms with Crippen molar-refractivity contribution in [3.8, 4) is 22.6 Å². The molecule has 25 heavy (non-hydrogen) atoms. The molecule has 0 aromatic heterocycles. The zero-order valence-corrected chi connectivity index (χ0v) is 13.7. The second kappa shape index (κ2) is 7.70. The molecule has 0 unspecified atom stereocenters. The highest BCUT2D eigenvalue weighted by Gasteiger charge is 2.15. The zero-order valence-electron chi connectivity index (χ0n) is 13.7. The fourth-order valence-corrected chi connectivity index (χ4v) is 1.93. The summed E-state index contributed by atoms with van der Waals surface area (Å²) in [7, 11) is 0. The van der Waals surface area contributed by atoms with Crippen LogP contribution in [-0.2, 0) is 9.59 Å². The first-order chi connectivity index (χ1) is 11.8. The minimum Gasteiger partial charge on any atom is -0.423 e.